The van der Waals surface area contributed by atoms with Crippen LogP contribution in [0.25, 0.3) is 0 Å². The van der Waals surface area contributed by atoms with Gasteiger partial charge in [0.15, 0.2) is 23.1 Å². The van der Waals surface area contributed by atoms with Crippen LogP contribution in [-0.4, -0.2) is 57.3 Å². The minimum atomic E-state index is -0.822. The lowest BCUT2D eigenvalue weighted by molar-refractivity contribution is 0.102. The summed E-state index contributed by atoms with van der Waals surface area (Å²) in [6, 6.07) is 17.7. The fourth-order valence-electron chi connectivity index (χ4n) is 4.66. The molecular formula is C27H30F2N2O3. The van der Waals surface area contributed by atoms with E-state index in [-0.39, 0.29) is 6.04 Å². The maximum Gasteiger partial charge on any atom is 0.203 e. The Hall–Kier alpha value is -3.16. The van der Waals surface area contributed by atoms with E-state index < -0.39 is 11.6 Å². The number of rotatable bonds is 8. The fourth-order valence-corrected chi connectivity index (χ4v) is 4.66. The number of halogens is 2. The van der Waals surface area contributed by atoms with Gasteiger partial charge in [-0.05, 0) is 17.7 Å². The molecule has 0 amide bonds. The van der Waals surface area contributed by atoms with E-state index in [0.717, 1.165) is 30.3 Å². The molecule has 0 spiro atoms. The summed E-state index contributed by atoms with van der Waals surface area (Å²) in [5.41, 5.74) is 2.31. The summed E-state index contributed by atoms with van der Waals surface area (Å²) in [4.78, 5) is 4.54. The summed E-state index contributed by atoms with van der Waals surface area (Å²) in [6.07, 6.45) is 0. The van der Waals surface area contributed by atoms with E-state index >= 15 is 0 Å². The molecule has 1 aliphatic rings. The molecule has 5 nitrogen and oxygen atoms in total. The highest BCUT2D eigenvalue weighted by Crippen LogP contribution is 2.40. The molecule has 1 fully saturated rings. The van der Waals surface area contributed by atoms with Gasteiger partial charge in [0.25, 0.3) is 0 Å². The van der Waals surface area contributed by atoms with E-state index in [1.807, 2.05) is 42.5 Å². The van der Waals surface area contributed by atoms with E-state index in [4.69, 9.17) is 14.2 Å². The molecule has 4 rings (SSSR count). The standard InChI is InChI=1S/C27H30F2N2O3/c1-32-23-13-12-20(26(33-2)27(23)34-3)18-30-14-16-31(17-15-30)25(19-8-5-4-6-9-19)21-10-7-11-22(28)24(21)29/h4-13,25H,14-18H2,1-3H3. The second kappa shape index (κ2) is 10.8. The predicted molar refractivity (Wildman–Crippen MR) is 128 cm³/mol. The molecule has 1 atom stereocenters. The number of hydrogen-bond acceptors (Lipinski definition) is 5. The van der Waals surface area contributed by atoms with Crippen LogP contribution in [0.15, 0.2) is 60.7 Å². The highest BCUT2D eigenvalue weighted by molar-refractivity contribution is 5.55. The van der Waals surface area contributed by atoms with Gasteiger partial charge in [-0.15, -0.1) is 0 Å². The van der Waals surface area contributed by atoms with Gasteiger partial charge >= 0.3 is 0 Å². The maximum absolute atomic E-state index is 14.8. The van der Waals surface area contributed by atoms with Crippen molar-refractivity contribution < 1.29 is 23.0 Å². The average molecular weight is 469 g/mol. The van der Waals surface area contributed by atoms with Crippen LogP contribution in [0.2, 0.25) is 0 Å². The molecule has 34 heavy (non-hydrogen) atoms. The van der Waals surface area contributed by atoms with E-state index in [2.05, 4.69) is 9.80 Å². The first kappa shape index (κ1) is 24.0. The Labute approximate surface area is 199 Å². The molecule has 0 saturated carbocycles. The molecule has 1 aliphatic heterocycles. The lowest BCUT2D eigenvalue weighted by Crippen LogP contribution is -2.47. The molecule has 0 N–H and O–H groups in total. The highest BCUT2D eigenvalue weighted by atomic mass is 19.2. The van der Waals surface area contributed by atoms with Crippen LogP contribution in [0.3, 0.4) is 0 Å². The number of piperazine rings is 1. The van der Waals surface area contributed by atoms with Crippen LogP contribution >= 0.6 is 0 Å². The Kier molecular flexibility index (Phi) is 7.65. The van der Waals surface area contributed by atoms with Gasteiger partial charge in [0.2, 0.25) is 5.75 Å². The van der Waals surface area contributed by atoms with Crippen molar-refractivity contribution in [3.05, 3.63) is 89.0 Å². The van der Waals surface area contributed by atoms with Gasteiger partial charge in [-0.25, -0.2) is 8.78 Å². The second-order valence-electron chi connectivity index (χ2n) is 8.26. The lowest BCUT2D eigenvalue weighted by Gasteiger charge is -2.40. The molecule has 0 aromatic heterocycles. The highest BCUT2D eigenvalue weighted by Gasteiger charge is 2.29. The summed E-state index contributed by atoms with van der Waals surface area (Å²) < 4.78 is 45.4. The summed E-state index contributed by atoms with van der Waals surface area (Å²) in [6.45, 7) is 3.66. The summed E-state index contributed by atoms with van der Waals surface area (Å²) in [7, 11) is 4.82. The zero-order chi connectivity index (χ0) is 24.1. The maximum atomic E-state index is 14.8. The number of benzene rings is 3. The Morgan fingerprint density at radius 2 is 1.47 bits per heavy atom. The zero-order valence-corrected chi connectivity index (χ0v) is 19.8. The summed E-state index contributed by atoms with van der Waals surface area (Å²) in [5, 5.41) is 0. The van der Waals surface area contributed by atoms with Crippen molar-refractivity contribution in [2.75, 3.05) is 47.5 Å². The van der Waals surface area contributed by atoms with Crippen molar-refractivity contribution in [1.29, 1.82) is 0 Å². The van der Waals surface area contributed by atoms with Crippen molar-refractivity contribution >= 4 is 0 Å². The minimum absolute atomic E-state index is 0.352. The largest absolute Gasteiger partial charge is 0.493 e. The molecule has 0 aliphatic carbocycles. The first-order valence-corrected chi connectivity index (χ1v) is 11.3. The quantitative estimate of drug-likeness (QED) is 0.470. The Morgan fingerprint density at radius 1 is 0.765 bits per heavy atom. The minimum Gasteiger partial charge on any atom is -0.493 e. The van der Waals surface area contributed by atoms with Crippen LogP contribution in [0.5, 0.6) is 17.2 Å². The second-order valence-corrected chi connectivity index (χ2v) is 8.26. The van der Waals surface area contributed by atoms with Gasteiger partial charge in [0, 0.05) is 43.9 Å². The molecule has 1 heterocycles. The van der Waals surface area contributed by atoms with Crippen molar-refractivity contribution in [3.63, 3.8) is 0 Å². The molecule has 1 unspecified atom stereocenters. The van der Waals surface area contributed by atoms with E-state index in [9.17, 15) is 8.78 Å². The molecule has 3 aromatic rings. The Balaban J connectivity index is 1.53. The van der Waals surface area contributed by atoms with Gasteiger partial charge in [0.1, 0.15) is 0 Å². The van der Waals surface area contributed by atoms with Crippen molar-refractivity contribution in [2.45, 2.75) is 12.6 Å². The normalized spacial score (nSPS) is 15.7. The third kappa shape index (κ3) is 4.86. The smallest absolute Gasteiger partial charge is 0.203 e. The SMILES string of the molecule is COc1ccc(CN2CCN(C(c3ccccc3)c3cccc(F)c3F)CC2)c(OC)c1OC. The number of hydrogen-bond donors (Lipinski definition) is 0. The van der Waals surface area contributed by atoms with Gasteiger partial charge in [-0.1, -0.05) is 48.5 Å². The van der Waals surface area contributed by atoms with Crippen LogP contribution in [0.1, 0.15) is 22.7 Å². The van der Waals surface area contributed by atoms with Gasteiger partial charge in [-0.3, -0.25) is 9.80 Å². The van der Waals surface area contributed by atoms with Crippen LogP contribution in [0, 0.1) is 11.6 Å². The van der Waals surface area contributed by atoms with Gasteiger partial charge in [0.05, 0.1) is 27.4 Å². The van der Waals surface area contributed by atoms with Crippen molar-refractivity contribution in [3.8, 4) is 17.2 Å². The van der Waals surface area contributed by atoms with Gasteiger partial charge < -0.3 is 14.2 Å². The topological polar surface area (TPSA) is 34.2 Å². The van der Waals surface area contributed by atoms with E-state index in [1.54, 1.807) is 33.5 Å². The summed E-state index contributed by atoms with van der Waals surface area (Å²) >= 11 is 0. The van der Waals surface area contributed by atoms with Gasteiger partial charge in [-0.2, -0.15) is 0 Å². The molecule has 3 aromatic carbocycles. The monoisotopic (exact) mass is 468 g/mol. The molecule has 7 heteroatoms. The zero-order valence-electron chi connectivity index (χ0n) is 19.8. The third-order valence-electron chi connectivity index (χ3n) is 6.34. The fraction of sp³-hybridized carbons (Fsp3) is 0.333. The van der Waals surface area contributed by atoms with E-state index in [0.29, 0.717) is 42.4 Å². The Morgan fingerprint density at radius 3 is 2.12 bits per heavy atom. The van der Waals surface area contributed by atoms with E-state index in [1.165, 1.54) is 0 Å². The first-order chi connectivity index (χ1) is 16.6. The molecule has 0 bridgehead atoms. The average Bonchev–Trinajstić information content (AvgIpc) is 2.88. The van der Waals surface area contributed by atoms with Crippen LogP contribution in [-0.2, 0) is 6.54 Å². The Bertz CT molecular complexity index is 1100. The van der Waals surface area contributed by atoms with Crippen molar-refractivity contribution in [2.24, 2.45) is 0 Å². The van der Waals surface area contributed by atoms with Crippen molar-refractivity contribution in [1.82, 2.24) is 9.80 Å². The molecule has 1 saturated heterocycles. The summed E-state index contributed by atoms with van der Waals surface area (Å²) in [5.74, 6) is 0.252. The molecular weight excluding hydrogens is 438 g/mol. The molecule has 0 radical (unpaired) electrons. The number of methoxy groups -OCH3 is 3. The number of ether oxygens (including phenoxy) is 3. The lowest BCUT2D eigenvalue weighted by atomic mass is 9.95. The molecule has 180 valence electrons. The van der Waals surface area contributed by atoms with Crippen LogP contribution in [0.4, 0.5) is 8.78 Å². The predicted octanol–water partition coefficient (Wildman–Crippen LogP) is 4.90. The number of nitrogens with zero attached hydrogens (tertiary/aromatic N) is 2. The van der Waals surface area contributed by atoms with Crippen LogP contribution < -0.4 is 14.2 Å². The first-order valence-electron chi connectivity index (χ1n) is 11.3. The third-order valence-corrected chi connectivity index (χ3v) is 6.34.